The zero-order valence-corrected chi connectivity index (χ0v) is 22.2. The minimum atomic E-state index is -0.650. The lowest BCUT2D eigenvalue weighted by Crippen LogP contribution is -2.31. The van der Waals surface area contributed by atoms with Crippen LogP contribution in [0, 0.1) is 24.7 Å². The van der Waals surface area contributed by atoms with Crippen LogP contribution >= 0.6 is 0 Å². The number of rotatable bonds is 9. The smallest absolute Gasteiger partial charge is 0.365 e. The molecule has 38 heavy (non-hydrogen) atoms. The van der Waals surface area contributed by atoms with Gasteiger partial charge >= 0.3 is 5.76 Å². The van der Waals surface area contributed by atoms with Gasteiger partial charge in [-0.05, 0) is 57.3 Å². The predicted molar refractivity (Wildman–Crippen MR) is 142 cm³/mol. The average Bonchev–Trinajstić information content (AvgIpc) is 3.56. The molecule has 4 aromatic rings. The maximum atomic E-state index is 11.7. The van der Waals surface area contributed by atoms with E-state index in [4.69, 9.17) is 24.0 Å². The van der Waals surface area contributed by atoms with Gasteiger partial charge in [-0.1, -0.05) is 36.5 Å². The molecule has 1 atom stereocenters. The number of imidazole rings is 1. The van der Waals surface area contributed by atoms with Crippen molar-refractivity contribution < 1.29 is 9.05 Å². The Morgan fingerprint density at radius 2 is 1.92 bits per heavy atom. The van der Waals surface area contributed by atoms with Gasteiger partial charge < -0.3 is 19.7 Å². The Morgan fingerprint density at radius 3 is 2.58 bits per heavy atom. The van der Waals surface area contributed by atoms with Crippen LogP contribution in [0.1, 0.15) is 70.2 Å². The quantitative estimate of drug-likeness (QED) is 0.287. The monoisotopic (exact) mass is 521 g/mol. The zero-order chi connectivity index (χ0) is 26.2. The molecular weight excluding hydrogens is 486 g/mol. The summed E-state index contributed by atoms with van der Waals surface area (Å²) < 4.78 is 12.4. The van der Waals surface area contributed by atoms with Gasteiger partial charge in [0.05, 0.1) is 12.2 Å². The van der Waals surface area contributed by atoms with Gasteiger partial charge in [-0.2, -0.15) is 4.98 Å². The Bertz CT molecular complexity index is 1460. The number of aromatic amines is 1. The van der Waals surface area contributed by atoms with Crippen LogP contribution < -0.4 is 16.4 Å². The summed E-state index contributed by atoms with van der Waals surface area (Å²) in [5, 5.41) is 14.9. The maximum absolute atomic E-state index is 11.7. The minimum absolute atomic E-state index is 0.179. The van der Waals surface area contributed by atoms with Gasteiger partial charge in [0, 0.05) is 18.7 Å². The van der Waals surface area contributed by atoms with Crippen molar-refractivity contribution in [2.75, 3.05) is 10.6 Å². The Hall–Kier alpha value is -3.70. The lowest BCUT2D eigenvalue weighted by atomic mass is 9.80. The first kappa shape index (κ1) is 24.6. The molecule has 2 aliphatic carbocycles. The number of hydrogen-bond donors (Lipinski definition) is 3. The summed E-state index contributed by atoms with van der Waals surface area (Å²) in [5.41, 5.74) is 2.21. The SMILES string of the molecule is Cc1cc(CNc2nc3nc(-c4noc(=O)[nH]4)nc(N[C@H](C)C4CCC4)c3n2C[C@H]2CC[C@H](C)CC2)on1. The molecule has 2 saturated carbocycles. The van der Waals surface area contributed by atoms with Gasteiger partial charge in [-0.15, -0.1) is 0 Å². The van der Waals surface area contributed by atoms with Gasteiger partial charge in [-0.3, -0.25) is 9.51 Å². The topological polar surface area (TPSA) is 153 Å². The number of aryl methyl sites for hydroxylation is 1. The number of aromatic nitrogens is 7. The van der Waals surface area contributed by atoms with Crippen molar-refractivity contribution in [3.05, 3.63) is 28.1 Å². The molecule has 0 aromatic carbocycles. The fraction of sp³-hybridized carbons (Fsp3) is 0.615. The number of H-pyrrole nitrogens is 1. The molecule has 0 bridgehead atoms. The first-order valence-electron chi connectivity index (χ1n) is 13.7. The fourth-order valence-corrected chi connectivity index (χ4v) is 5.59. The van der Waals surface area contributed by atoms with Gasteiger partial charge in [0.25, 0.3) is 0 Å². The molecule has 0 aliphatic heterocycles. The number of nitrogens with one attached hydrogen (secondary N) is 3. The lowest BCUT2D eigenvalue weighted by Gasteiger charge is -2.32. The molecule has 0 radical (unpaired) electrons. The highest BCUT2D eigenvalue weighted by Crippen LogP contribution is 2.35. The van der Waals surface area contributed by atoms with Crippen molar-refractivity contribution in [2.24, 2.45) is 17.8 Å². The Morgan fingerprint density at radius 1 is 1.11 bits per heavy atom. The number of anilines is 2. The third kappa shape index (κ3) is 5.03. The molecule has 12 nitrogen and oxygen atoms in total. The molecule has 12 heteroatoms. The Labute approximate surface area is 220 Å². The lowest BCUT2D eigenvalue weighted by molar-refractivity contribution is 0.267. The van der Waals surface area contributed by atoms with E-state index in [0.29, 0.717) is 35.8 Å². The number of nitrogens with zero attached hydrogens (tertiary/aromatic N) is 6. The Balaban J connectivity index is 1.42. The van der Waals surface area contributed by atoms with Crippen LogP contribution in [0.3, 0.4) is 0 Å². The molecule has 0 unspecified atom stereocenters. The highest BCUT2D eigenvalue weighted by Gasteiger charge is 2.28. The summed E-state index contributed by atoms with van der Waals surface area (Å²) in [5.74, 6) is 3.83. The second-order valence-corrected chi connectivity index (χ2v) is 11.1. The molecule has 2 fully saturated rings. The average molecular weight is 522 g/mol. The number of hydrogen-bond acceptors (Lipinski definition) is 10. The highest BCUT2D eigenvalue weighted by atomic mass is 16.5. The summed E-state index contributed by atoms with van der Waals surface area (Å²) in [6.45, 7) is 7.70. The van der Waals surface area contributed by atoms with E-state index in [9.17, 15) is 4.79 Å². The van der Waals surface area contributed by atoms with Gasteiger partial charge in [0.15, 0.2) is 17.2 Å². The predicted octanol–water partition coefficient (Wildman–Crippen LogP) is 4.50. The van der Waals surface area contributed by atoms with Crippen LogP contribution in [0.5, 0.6) is 0 Å². The summed E-state index contributed by atoms with van der Waals surface area (Å²) in [4.78, 5) is 28.7. The molecule has 6 rings (SSSR count). The normalized spacial score (nSPS) is 20.9. The number of fused-ring (bicyclic) bond motifs is 1. The molecule has 0 spiro atoms. The van der Waals surface area contributed by atoms with E-state index in [0.717, 1.165) is 29.4 Å². The molecule has 4 aromatic heterocycles. The van der Waals surface area contributed by atoms with E-state index >= 15 is 0 Å². The molecule has 2 aliphatic rings. The van der Waals surface area contributed by atoms with Crippen molar-refractivity contribution in [1.29, 1.82) is 0 Å². The summed E-state index contributed by atoms with van der Waals surface area (Å²) in [7, 11) is 0. The van der Waals surface area contributed by atoms with Crippen molar-refractivity contribution in [3.63, 3.8) is 0 Å². The maximum Gasteiger partial charge on any atom is 0.439 e. The summed E-state index contributed by atoms with van der Waals surface area (Å²) in [6.07, 6.45) is 8.50. The fourth-order valence-electron chi connectivity index (χ4n) is 5.59. The molecular formula is C26H35N9O3. The van der Waals surface area contributed by atoms with Crippen LogP contribution in [0.2, 0.25) is 0 Å². The zero-order valence-electron chi connectivity index (χ0n) is 22.2. The van der Waals surface area contributed by atoms with Crippen LogP contribution in [0.25, 0.3) is 22.8 Å². The van der Waals surface area contributed by atoms with E-state index in [1.165, 1.54) is 44.9 Å². The highest BCUT2D eigenvalue weighted by molar-refractivity contribution is 5.87. The van der Waals surface area contributed by atoms with Gasteiger partial charge in [0.2, 0.25) is 17.6 Å². The van der Waals surface area contributed by atoms with Crippen LogP contribution in [0.15, 0.2) is 19.9 Å². The largest absolute Gasteiger partial charge is 0.439 e. The van der Waals surface area contributed by atoms with Crippen LogP contribution in [-0.2, 0) is 13.1 Å². The third-order valence-corrected chi connectivity index (χ3v) is 8.15. The molecule has 202 valence electrons. The van der Waals surface area contributed by atoms with E-state index in [-0.39, 0.29) is 17.7 Å². The van der Waals surface area contributed by atoms with Crippen molar-refractivity contribution in [2.45, 2.75) is 84.8 Å². The second kappa shape index (κ2) is 10.2. The molecule has 0 saturated heterocycles. The van der Waals surface area contributed by atoms with E-state index in [1.807, 2.05) is 13.0 Å². The summed E-state index contributed by atoms with van der Waals surface area (Å²) >= 11 is 0. The first-order valence-corrected chi connectivity index (χ1v) is 13.7. The van der Waals surface area contributed by atoms with Crippen LogP contribution in [-0.4, -0.2) is 40.9 Å². The van der Waals surface area contributed by atoms with E-state index in [1.54, 1.807) is 0 Å². The second-order valence-electron chi connectivity index (χ2n) is 11.1. The molecule has 4 heterocycles. The third-order valence-electron chi connectivity index (χ3n) is 8.15. The minimum Gasteiger partial charge on any atom is -0.365 e. The van der Waals surface area contributed by atoms with Crippen molar-refractivity contribution in [1.82, 2.24) is 34.8 Å². The van der Waals surface area contributed by atoms with Gasteiger partial charge in [-0.25, -0.2) is 14.8 Å². The Kier molecular flexibility index (Phi) is 6.62. The molecule has 0 amide bonds. The van der Waals surface area contributed by atoms with E-state index < -0.39 is 5.76 Å². The van der Waals surface area contributed by atoms with Crippen LogP contribution in [0.4, 0.5) is 11.8 Å². The first-order chi connectivity index (χ1) is 18.4. The molecule has 3 N–H and O–H groups in total. The standard InChI is InChI=1S/C26H35N9O3/c1-14-7-9-17(10-8-14)13-35-20-21(28-16(3)18-5-4-6-18)29-23(24-32-26(36)38-34-24)30-22(20)31-25(35)27-12-19-11-15(2)33-37-19/h11,14,16-18H,4-10,12-13H2,1-3H3,(H,32,34,36)(H2,27,28,29,30,31)/t14-,16-,17-/m1/s1. The van der Waals surface area contributed by atoms with Crippen molar-refractivity contribution in [3.8, 4) is 11.6 Å². The summed E-state index contributed by atoms with van der Waals surface area (Å²) in [6, 6.07) is 2.15. The van der Waals surface area contributed by atoms with E-state index in [2.05, 4.69) is 44.3 Å². The van der Waals surface area contributed by atoms with Gasteiger partial charge in [0.1, 0.15) is 5.52 Å². The van der Waals surface area contributed by atoms with Crippen molar-refractivity contribution >= 4 is 22.9 Å².